The van der Waals surface area contributed by atoms with Gasteiger partial charge in [0.2, 0.25) is 11.7 Å². The molecule has 5 nitrogen and oxygen atoms in total. The van der Waals surface area contributed by atoms with E-state index in [1.54, 1.807) is 18.2 Å². The highest BCUT2D eigenvalue weighted by Crippen LogP contribution is 2.24. The van der Waals surface area contributed by atoms with Crippen LogP contribution in [0.3, 0.4) is 0 Å². The SMILES string of the molecule is CC(=O)NC1=C(N)c2ccccc2C(=O)C1=O. The van der Waals surface area contributed by atoms with E-state index in [2.05, 4.69) is 5.32 Å². The normalized spacial score (nSPS) is 14.6. The predicted octanol–water partition coefficient (Wildman–Crippen LogP) is 0.215. The Labute approximate surface area is 97.3 Å². The molecule has 0 atom stereocenters. The van der Waals surface area contributed by atoms with E-state index in [9.17, 15) is 14.4 Å². The first-order valence-electron chi connectivity index (χ1n) is 4.98. The molecule has 1 amide bonds. The maximum Gasteiger partial charge on any atom is 0.251 e. The molecule has 0 bridgehead atoms. The number of amides is 1. The summed E-state index contributed by atoms with van der Waals surface area (Å²) in [7, 11) is 0. The minimum atomic E-state index is -0.781. The summed E-state index contributed by atoms with van der Waals surface area (Å²) in [5.74, 6) is -1.88. The second-order valence-electron chi connectivity index (χ2n) is 3.67. The highest BCUT2D eigenvalue weighted by atomic mass is 16.2. The van der Waals surface area contributed by atoms with Gasteiger partial charge in [0.05, 0.1) is 5.70 Å². The Bertz CT molecular complexity index is 573. The minimum Gasteiger partial charge on any atom is -0.396 e. The summed E-state index contributed by atoms with van der Waals surface area (Å²) in [6.07, 6.45) is 0. The first kappa shape index (κ1) is 11.1. The zero-order chi connectivity index (χ0) is 12.6. The maximum atomic E-state index is 11.8. The lowest BCUT2D eigenvalue weighted by atomic mass is 9.91. The van der Waals surface area contributed by atoms with E-state index in [4.69, 9.17) is 5.73 Å². The van der Waals surface area contributed by atoms with E-state index in [1.165, 1.54) is 13.0 Å². The van der Waals surface area contributed by atoms with E-state index < -0.39 is 17.5 Å². The lowest BCUT2D eigenvalue weighted by Crippen LogP contribution is -2.35. The standard InChI is InChI=1S/C12H10N2O3/c1-6(15)14-10-9(13)7-4-2-3-5-8(7)11(16)12(10)17/h2-5H,13H2,1H3,(H,14,15). The quantitative estimate of drug-likeness (QED) is 0.675. The summed E-state index contributed by atoms with van der Waals surface area (Å²) in [6, 6.07) is 6.53. The van der Waals surface area contributed by atoms with Gasteiger partial charge >= 0.3 is 0 Å². The first-order valence-corrected chi connectivity index (χ1v) is 4.98. The summed E-state index contributed by atoms with van der Waals surface area (Å²) >= 11 is 0. The summed E-state index contributed by atoms with van der Waals surface area (Å²) in [4.78, 5) is 34.5. The Kier molecular flexibility index (Phi) is 2.51. The molecule has 1 aliphatic carbocycles. The van der Waals surface area contributed by atoms with Crippen molar-refractivity contribution in [2.24, 2.45) is 5.73 Å². The monoisotopic (exact) mass is 230 g/mol. The van der Waals surface area contributed by atoms with Crippen molar-refractivity contribution in [2.75, 3.05) is 0 Å². The number of carbonyl (C=O) groups excluding carboxylic acids is 3. The first-order chi connectivity index (χ1) is 8.02. The molecule has 1 aromatic rings. The largest absolute Gasteiger partial charge is 0.396 e. The summed E-state index contributed by atoms with van der Waals surface area (Å²) < 4.78 is 0. The molecular weight excluding hydrogens is 220 g/mol. The van der Waals surface area contributed by atoms with Crippen LogP contribution in [0.15, 0.2) is 30.0 Å². The molecule has 0 fully saturated rings. The lowest BCUT2D eigenvalue weighted by Gasteiger charge is -2.18. The van der Waals surface area contributed by atoms with Crippen LogP contribution in [-0.4, -0.2) is 17.5 Å². The molecule has 17 heavy (non-hydrogen) atoms. The third-order valence-electron chi connectivity index (χ3n) is 2.47. The predicted molar refractivity (Wildman–Crippen MR) is 60.7 cm³/mol. The number of nitrogens with one attached hydrogen (secondary N) is 1. The highest BCUT2D eigenvalue weighted by Gasteiger charge is 2.31. The molecule has 2 rings (SSSR count). The van der Waals surface area contributed by atoms with Crippen LogP contribution in [0.25, 0.3) is 5.70 Å². The molecule has 0 spiro atoms. The minimum absolute atomic E-state index is 0.125. The van der Waals surface area contributed by atoms with Crippen molar-refractivity contribution in [1.29, 1.82) is 0 Å². The number of Topliss-reactive ketones (excluding diaryl/α,β-unsaturated/α-hetero) is 2. The molecule has 86 valence electrons. The Morgan fingerprint density at radius 2 is 1.71 bits per heavy atom. The molecule has 1 aromatic carbocycles. The zero-order valence-corrected chi connectivity index (χ0v) is 9.11. The van der Waals surface area contributed by atoms with Gasteiger partial charge < -0.3 is 11.1 Å². The van der Waals surface area contributed by atoms with E-state index >= 15 is 0 Å². The van der Waals surface area contributed by atoms with E-state index in [1.807, 2.05) is 0 Å². The topological polar surface area (TPSA) is 89.3 Å². The highest BCUT2D eigenvalue weighted by molar-refractivity contribution is 6.52. The molecule has 0 heterocycles. The fourth-order valence-electron chi connectivity index (χ4n) is 1.71. The summed E-state index contributed by atoms with van der Waals surface area (Å²) in [5.41, 5.74) is 6.51. The molecule has 1 aliphatic rings. The second kappa shape index (κ2) is 3.86. The Hall–Kier alpha value is -2.43. The summed E-state index contributed by atoms with van der Waals surface area (Å²) in [6.45, 7) is 1.25. The van der Waals surface area contributed by atoms with Gasteiger partial charge in [-0.1, -0.05) is 24.3 Å². The third kappa shape index (κ3) is 1.71. The molecule has 0 aliphatic heterocycles. The van der Waals surface area contributed by atoms with Gasteiger partial charge in [-0.15, -0.1) is 0 Å². The number of hydrogen-bond acceptors (Lipinski definition) is 4. The van der Waals surface area contributed by atoms with Crippen LogP contribution < -0.4 is 11.1 Å². The van der Waals surface area contributed by atoms with Crippen LogP contribution in [0.5, 0.6) is 0 Å². The van der Waals surface area contributed by atoms with E-state index in [0.29, 0.717) is 5.56 Å². The molecule has 0 radical (unpaired) electrons. The Morgan fingerprint density at radius 3 is 2.29 bits per heavy atom. The average molecular weight is 230 g/mol. The maximum absolute atomic E-state index is 11.8. The molecule has 5 heteroatoms. The lowest BCUT2D eigenvalue weighted by molar-refractivity contribution is -0.120. The molecular formula is C12H10N2O3. The Morgan fingerprint density at radius 1 is 1.12 bits per heavy atom. The van der Waals surface area contributed by atoms with Gasteiger partial charge in [0.25, 0.3) is 5.78 Å². The van der Waals surface area contributed by atoms with Crippen LogP contribution in [0.4, 0.5) is 0 Å². The number of fused-ring (bicyclic) bond motifs is 1. The number of hydrogen-bond donors (Lipinski definition) is 2. The second-order valence-corrected chi connectivity index (χ2v) is 3.67. The van der Waals surface area contributed by atoms with Crippen molar-refractivity contribution in [2.45, 2.75) is 6.92 Å². The van der Waals surface area contributed by atoms with Gasteiger partial charge in [0, 0.05) is 18.1 Å². The van der Waals surface area contributed by atoms with Crippen molar-refractivity contribution < 1.29 is 14.4 Å². The van der Waals surface area contributed by atoms with Gasteiger partial charge in [-0.25, -0.2) is 0 Å². The molecule has 0 aromatic heterocycles. The van der Waals surface area contributed by atoms with Gasteiger partial charge in [-0.05, 0) is 0 Å². The number of benzene rings is 1. The van der Waals surface area contributed by atoms with Crippen molar-refractivity contribution >= 4 is 23.2 Å². The van der Waals surface area contributed by atoms with Crippen molar-refractivity contribution in [3.63, 3.8) is 0 Å². The zero-order valence-electron chi connectivity index (χ0n) is 9.11. The van der Waals surface area contributed by atoms with Gasteiger partial charge in [-0.2, -0.15) is 0 Å². The van der Waals surface area contributed by atoms with Crippen LogP contribution in [-0.2, 0) is 9.59 Å². The van der Waals surface area contributed by atoms with Crippen LogP contribution >= 0.6 is 0 Å². The molecule has 3 N–H and O–H groups in total. The van der Waals surface area contributed by atoms with E-state index in [0.717, 1.165) is 0 Å². The number of carbonyl (C=O) groups is 3. The fourth-order valence-corrected chi connectivity index (χ4v) is 1.71. The van der Waals surface area contributed by atoms with Gasteiger partial charge in [0.15, 0.2) is 0 Å². The fraction of sp³-hybridized carbons (Fsp3) is 0.0833. The van der Waals surface area contributed by atoms with Crippen molar-refractivity contribution in [3.05, 3.63) is 41.1 Å². The average Bonchev–Trinajstić information content (AvgIpc) is 2.31. The number of rotatable bonds is 1. The molecule has 0 unspecified atom stereocenters. The smallest absolute Gasteiger partial charge is 0.251 e. The van der Waals surface area contributed by atoms with E-state index in [-0.39, 0.29) is 17.0 Å². The van der Waals surface area contributed by atoms with Crippen LogP contribution in [0.1, 0.15) is 22.8 Å². The summed E-state index contributed by atoms with van der Waals surface area (Å²) in [5, 5.41) is 2.30. The Balaban J connectivity index is 2.63. The van der Waals surface area contributed by atoms with Crippen molar-refractivity contribution in [3.8, 4) is 0 Å². The molecule has 0 saturated heterocycles. The van der Waals surface area contributed by atoms with Crippen LogP contribution in [0.2, 0.25) is 0 Å². The van der Waals surface area contributed by atoms with Crippen molar-refractivity contribution in [1.82, 2.24) is 5.32 Å². The van der Waals surface area contributed by atoms with Gasteiger partial charge in [0.1, 0.15) is 5.70 Å². The third-order valence-corrected chi connectivity index (χ3v) is 2.47. The number of nitrogens with two attached hydrogens (primary N) is 1. The number of ketones is 2. The van der Waals surface area contributed by atoms with Crippen LogP contribution in [0, 0.1) is 0 Å². The number of allylic oxidation sites excluding steroid dienone is 1. The van der Waals surface area contributed by atoms with Gasteiger partial charge in [-0.3, -0.25) is 14.4 Å². The molecule has 0 saturated carbocycles.